The van der Waals surface area contributed by atoms with Crippen molar-refractivity contribution in [1.82, 2.24) is 4.90 Å². The topological polar surface area (TPSA) is 3.24 Å². The van der Waals surface area contributed by atoms with Crippen molar-refractivity contribution < 1.29 is 4.39 Å². The lowest BCUT2D eigenvalue weighted by Crippen LogP contribution is -2.22. The molecule has 2 fully saturated rings. The third-order valence-electron chi connectivity index (χ3n) is 4.02. The number of nitrogens with zero attached hydrogens (tertiary/aromatic N) is 1. The first-order valence-corrected chi connectivity index (χ1v) is 6.21. The second-order valence-electron chi connectivity index (χ2n) is 5.27. The highest BCUT2D eigenvalue weighted by atomic mass is 19.1. The Morgan fingerprint density at radius 1 is 1.06 bits per heavy atom. The maximum absolute atomic E-state index is 13.2. The summed E-state index contributed by atoms with van der Waals surface area (Å²) in [5, 5.41) is 0. The van der Waals surface area contributed by atoms with E-state index in [1.807, 2.05) is 0 Å². The van der Waals surface area contributed by atoms with Crippen molar-refractivity contribution in [3.8, 4) is 0 Å². The van der Waals surface area contributed by atoms with Crippen LogP contribution in [-0.4, -0.2) is 24.2 Å². The van der Waals surface area contributed by atoms with Crippen LogP contribution in [0, 0.1) is 11.8 Å². The normalized spacial score (nSPS) is 34.2. The van der Waals surface area contributed by atoms with E-state index in [9.17, 15) is 4.39 Å². The van der Waals surface area contributed by atoms with Gasteiger partial charge in [0.25, 0.3) is 0 Å². The van der Waals surface area contributed by atoms with Crippen LogP contribution in [0.2, 0.25) is 0 Å². The summed E-state index contributed by atoms with van der Waals surface area (Å²) in [7, 11) is 0. The predicted molar refractivity (Wildman–Crippen MR) is 62.8 cm³/mol. The highest BCUT2D eigenvalue weighted by molar-refractivity contribution is 5.14. The number of fused-ring (bicyclic) bond motifs is 1. The van der Waals surface area contributed by atoms with Gasteiger partial charge in [-0.15, -0.1) is 0 Å². The van der Waals surface area contributed by atoms with Gasteiger partial charge in [0.2, 0.25) is 0 Å². The Bertz CT molecular complexity index is 337. The number of hydrogen-bond acceptors (Lipinski definition) is 1. The van der Waals surface area contributed by atoms with Crippen LogP contribution in [-0.2, 0) is 6.54 Å². The molecule has 86 valence electrons. The van der Waals surface area contributed by atoms with Crippen molar-refractivity contribution in [2.24, 2.45) is 11.8 Å². The average Bonchev–Trinajstić information content (AvgIpc) is 2.76. The van der Waals surface area contributed by atoms with Crippen LogP contribution in [0.3, 0.4) is 0 Å². The van der Waals surface area contributed by atoms with Crippen LogP contribution in [0.25, 0.3) is 0 Å². The summed E-state index contributed by atoms with van der Waals surface area (Å²) in [4.78, 5) is 2.48. The molecule has 1 saturated heterocycles. The van der Waals surface area contributed by atoms with Crippen LogP contribution in [0.4, 0.5) is 4.39 Å². The molecule has 2 unspecified atom stereocenters. The molecule has 2 aliphatic rings. The van der Waals surface area contributed by atoms with Gasteiger partial charge in [-0.25, -0.2) is 4.39 Å². The minimum Gasteiger partial charge on any atom is -0.299 e. The quantitative estimate of drug-likeness (QED) is 0.739. The average molecular weight is 219 g/mol. The number of likely N-dealkylation sites (tertiary alicyclic amines) is 1. The van der Waals surface area contributed by atoms with E-state index < -0.39 is 6.17 Å². The Kier molecular flexibility index (Phi) is 2.68. The van der Waals surface area contributed by atoms with Gasteiger partial charge in [-0.2, -0.15) is 0 Å². The lowest BCUT2D eigenvalue weighted by atomic mass is 10.0. The fraction of sp³-hybridized carbons (Fsp3) is 0.571. The van der Waals surface area contributed by atoms with Crippen LogP contribution < -0.4 is 0 Å². The van der Waals surface area contributed by atoms with Crippen molar-refractivity contribution in [1.29, 1.82) is 0 Å². The van der Waals surface area contributed by atoms with Crippen molar-refractivity contribution in [2.75, 3.05) is 13.1 Å². The number of halogens is 1. The smallest absolute Gasteiger partial charge is 0.101 e. The Morgan fingerprint density at radius 3 is 2.31 bits per heavy atom. The SMILES string of the molecule is FC1CC2CN(Cc3ccccc3)CC2C1. The Labute approximate surface area is 96.3 Å². The van der Waals surface area contributed by atoms with E-state index >= 15 is 0 Å². The van der Waals surface area contributed by atoms with E-state index in [4.69, 9.17) is 0 Å². The molecule has 0 bridgehead atoms. The van der Waals surface area contributed by atoms with Gasteiger partial charge in [-0.3, -0.25) is 4.90 Å². The standard InChI is InChI=1S/C14H18FN/c15-14-6-12-9-16(10-13(12)7-14)8-11-4-2-1-3-5-11/h1-5,12-14H,6-10H2. The first kappa shape index (κ1) is 10.3. The first-order valence-electron chi connectivity index (χ1n) is 6.21. The zero-order chi connectivity index (χ0) is 11.0. The van der Waals surface area contributed by atoms with Gasteiger partial charge in [0.05, 0.1) is 0 Å². The summed E-state index contributed by atoms with van der Waals surface area (Å²) >= 11 is 0. The zero-order valence-electron chi connectivity index (χ0n) is 9.48. The van der Waals surface area contributed by atoms with Gasteiger partial charge in [0.15, 0.2) is 0 Å². The molecule has 0 radical (unpaired) electrons. The minimum atomic E-state index is -0.520. The molecule has 1 heterocycles. The van der Waals surface area contributed by atoms with Gasteiger partial charge in [0, 0.05) is 19.6 Å². The van der Waals surface area contributed by atoms with Crippen molar-refractivity contribution in [3.05, 3.63) is 35.9 Å². The zero-order valence-corrected chi connectivity index (χ0v) is 9.48. The van der Waals surface area contributed by atoms with Gasteiger partial charge in [0.1, 0.15) is 6.17 Å². The summed E-state index contributed by atoms with van der Waals surface area (Å²) < 4.78 is 13.2. The van der Waals surface area contributed by atoms with Crippen molar-refractivity contribution >= 4 is 0 Å². The largest absolute Gasteiger partial charge is 0.299 e. The number of rotatable bonds is 2. The van der Waals surface area contributed by atoms with Gasteiger partial charge >= 0.3 is 0 Å². The van der Waals surface area contributed by atoms with Crippen molar-refractivity contribution in [2.45, 2.75) is 25.6 Å². The molecule has 0 spiro atoms. The number of alkyl halides is 1. The molecule has 1 aliphatic carbocycles. The summed E-state index contributed by atoms with van der Waals surface area (Å²) in [6.45, 7) is 3.23. The molecule has 2 atom stereocenters. The second-order valence-corrected chi connectivity index (χ2v) is 5.27. The molecule has 0 amide bonds. The van der Waals surface area contributed by atoms with E-state index in [2.05, 4.69) is 35.2 Å². The van der Waals surface area contributed by atoms with E-state index in [1.54, 1.807) is 0 Å². The molecule has 0 aromatic heterocycles. The third-order valence-corrected chi connectivity index (χ3v) is 4.02. The Morgan fingerprint density at radius 2 is 1.69 bits per heavy atom. The molecule has 1 aliphatic heterocycles. The summed E-state index contributed by atoms with van der Waals surface area (Å²) in [6, 6.07) is 10.6. The van der Waals surface area contributed by atoms with E-state index in [0.717, 1.165) is 32.5 Å². The van der Waals surface area contributed by atoms with E-state index in [0.29, 0.717) is 11.8 Å². The molecular formula is C14H18FN. The maximum Gasteiger partial charge on any atom is 0.101 e. The maximum atomic E-state index is 13.2. The number of hydrogen-bond donors (Lipinski definition) is 0. The predicted octanol–water partition coefficient (Wildman–Crippen LogP) is 2.87. The molecule has 2 heteroatoms. The molecule has 1 nitrogen and oxygen atoms in total. The molecule has 16 heavy (non-hydrogen) atoms. The fourth-order valence-corrected chi connectivity index (χ4v) is 3.29. The Balaban J connectivity index is 1.60. The number of benzene rings is 1. The van der Waals surface area contributed by atoms with Crippen LogP contribution in [0.1, 0.15) is 18.4 Å². The van der Waals surface area contributed by atoms with Crippen LogP contribution in [0.15, 0.2) is 30.3 Å². The highest BCUT2D eigenvalue weighted by Gasteiger charge is 2.40. The van der Waals surface area contributed by atoms with Gasteiger partial charge in [-0.05, 0) is 30.2 Å². The monoisotopic (exact) mass is 219 g/mol. The molecule has 3 rings (SSSR count). The molecular weight excluding hydrogens is 201 g/mol. The van der Waals surface area contributed by atoms with Gasteiger partial charge < -0.3 is 0 Å². The minimum absolute atomic E-state index is 0.520. The van der Waals surface area contributed by atoms with Gasteiger partial charge in [-0.1, -0.05) is 30.3 Å². The van der Waals surface area contributed by atoms with E-state index in [1.165, 1.54) is 5.56 Å². The fourth-order valence-electron chi connectivity index (χ4n) is 3.29. The molecule has 0 N–H and O–H groups in total. The lowest BCUT2D eigenvalue weighted by molar-refractivity contribution is 0.261. The van der Waals surface area contributed by atoms with Crippen molar-refractivity contribution in [3.63, 3.8) is 0 Å². The summed E-state index contributed by atoms with van der Waals surface area (Å²) in [5.74, 6) is 1.25. The van der Waals surface area contributed by atoms with Crippen LogP contribution in [0.5, 0.6) is 0 Å². The lowest BCUT2D eigenvalue weighted by Gasteiger charge is -2.17. The molecule has 1 saturated carbocycles. The van der Waals surface area contributed by atoms with E-state index in [-0.39, 0.29) is 0 Å². The summed E-state index contributed by atoms with van der Waals surface area (Å²) in [6.07, 6.45) is 1.08. The molecule has 1 aromatic rings. The first-order chi connectivity index (χ1) is 7.81. The highest BCUT2D eigenvalue weighted by Crippen LogP contribution is 2.39. The summed E-state index contributed by atoms with van der Waals surface area (Å²) in [5.41, 5.74) is 1.37. The molecule has 1 aromatic carbocycles. The Hall–Kier alpha value is -0.890. The van der Waals surface area contributed by atoms with Crippen LogP contribution >= 0.6 is 0 Å². The second kappa shape index (κ2) is 4.17. The third kappa shape index (κ3) is 1.99.